The molecule has 100 valence electrons. The minimum atomic E-state index is -0.00439. The number of halogens is 2. The van der Waals surface area contributed by atoms with Crippen LogP contribution >= 0.6 is 23.2 Å². The second kappa shape index (κ2) is 4.26. The first-order valence-electron chi connectivity index (χ1n) is 6.26. The molecule has 0 saturated heterocycles. The number of carbonyl (C=O) groups is 1. The molecule has 0 fully saturated rings. The third-order valence-corrected chi connectivity index (χ3v) is 5.05. The molecular formula is C15H14Cl2O2. The molecule has 1 atom stereocenters. The van der Waals surface area contributed by atoms with Gasteiger partial charge in [-0.2, -0.15) is 0 Å². The first-order chi connectivity index (χ1) is 8.96. The SMILES string of the molecule is COc1cc2c(c(Cl)c1Cl)C1=CC(=O)CCC1(C)C2. The standard InChI is InChI=1S/C15H14Cl2O2/c1-15-4-3-9(18)6-10(15)12-8(7-15)5-11(19-2)13(16)14(12)17/h5-6H,3-4,7H2,1-2H3. The van der Waals surface area contributed by atoms with Crippen molar-refractivity contribution in [1.82, 2.24) is 0 Å². The fourth-order valence-electron chi connectivity index (χ4n) is 3.15. The quantitative estimate of drug-likeness (QED) is 0.772. The molecule has 4 heteroatoms. The van der Waals surface area contributed by atoms with Gasteiger partial charge in [0.2, 0.25) is 0 Å². The summed E-state index contributed by atoms with van der Waals surface area (Å²) >= 11 is 12.6. The van der Waals surface area contributed by atoms with E-state index in [1.54, 1.807) is 13.2 Å². The molecule has 1 aromatic rings. The van der Waals surface area contributed by atoms with Crippen molar-refractivity contribution in [3.63, 3.8) is 0 Å². The summed E-state index contributed by atoms with van der Waals surface area (Å²) in [6, 6.07) is 1.94. The highest BCUT2D eigenvalue weighted by atomic mass is 35.5. The molecule has 3 rings (SSSR count). The van der Waals surface area contributed by atoms with Gasteiger partial charge < -0.3 is 4.74 Å². The summed E-state index contributed by atoms with van der Waals surface area (Å²) in [4.78, 5) is 11.7. The van der Waals surface area contributed by atoms with Crippen molar-refractivity contribution in [2.45, 2.75) is 26.2 Å². The Morgan fingerprint density at radius 2 is 2.05 bits per heavy atom. The Bertz CT molecular complexity index is 619. The summed E-state index contributed by atoms with van der Waals surface area (Å²) in [6.07, 6.45) is 4.10. The van der Waals surface area contributed by atoms with Gasteiger partial charge in [-0.1, -0.05) is 30.1 Å². The summed E-state index contributed by atoms with van der Waals surface area (Å²) in [6.45, 7) is 2.18. The Labute approximate surface area is 122 Å². The van der Waals surface area contributed by atoms with Crippen molar-refractivity contribution in [2.24, 2.45) is 5.41 Å². The number of allylic oxidation sites excluding steroid dienone is 2. The Balaban J connectivity index is 2.26. The molecule has 2 aliphatic rings. The molecule has 2 aliphatic carbocycles. The smallest absolute Gasteiger partial charge is 0.156 e. The van der Waals surface area contributed by atoms with Crippen LogP contribution in [0.1, 0.15) is 30.9 Å². The van der Waals surface area contributed by atoms with Gasteiger partial charge >= 0.3 is 0 Å². The number of methoxy groups -OCH3 is 1. The van der Waals surface area contributed by atoms with Crippen LogP contribution < -0.4 is 4.74 Å². The Morgan fingerprint density at radius 3 is 2.74 bits per heavy atom. The molecule has 0 spiro atoms. The zero-order valence-corrected chi connectivity index (χ0v) is 12.4. The minimum absolute atomic E-state index is 0.00439. The zero-order chi connectivity index (χ0) is 13.8. The van der Waals surface area contributed by atoms with Crippen molar-refractivity contribution < 1.29 is 9.53 Å². The lowest BCUT2D eigenvalue weighted by atomic mass is 9.74. The number of benzene rings is 1. The third-order valence-electron chi connectivity index (χ3n) is 4.20. The summed E-state index contributed by atoms with van der Waals surface area (Å²) < 4.78 is 5.26. The van der Waals surface area contributed by atoms with E-state index in [1.165, 1.54) is 0 Å². The topological polar surface area (TPSA) is 26.3 Å². The van der Waals surface area contributed by atoms with Crippen LogP contribution in [0.5, 0.6) is 5.75 Å². The average Bonchev–Trinajstić information content (AvgIpc) is 2.66. The van der Waals surface area contributed by atoms with Crippen LogP contribution in [0.25, 0.3) is 5.57 Å². The second-order valence-electron chi connectivity index (χ2n) is 5.50. The van der Waals surface area contributed by atoms with Crippen LogP contribution in [-0.4, -0.2) is 12.9 Å². The number of carbonyl (C=O) groups excluding carboxylic acids is 1. The molecule has 0 radical (unpaired) electrons. The second-order valence-corrected chi connectivity index (χ2v) is 6.26. The monoisotopic (exact) mass is 296 g/mol. The van der Waals surface area contributed by atoms with Crippen LogP contribution in [0.15, 0.2) is 12.1 Å². The molecule has 0 aromatic heterocycles. The Hall–Kier alpha value is -0.990. The molecule has 0 saturated carbocycles. The predicted molar refractivity (Wildman–Crippen MR) is 77.0 cm³/mol. The first-order valence-corrected chi connectivity index (χ1v) is 7.02. The summed E-state index contributed by atoms with van der Waals surface area (Å²) in [5.41, 5.74) is 3.08. The maximum Gasteiger partial charge on any atom is 0.156 e. The van der Waals surface area contributed by atoms with Crippen molar-refractivity contribution in [3.8, 4) is 5.75 Å². The molecule has 1 aromatic carbocycles. The van der Waals surface area contributed by atoms with Gasteiger partial charge in [-0.25, -0.2) is 0 Å². The highest BCUT2D eigenvalue weighted by molar-refractivity contribution is 6.44. The lowest BCUT2D eigenvalue weighted by molar-refractivity contribution is -0.115. The highest BCUT2D eigenvalue weighted by Crippen LogP contribution is 2.55. The summed E-state index contributed by atoms with van der Waals surface area (Å²) in [7, 11) is 1.58. The van der Waals surface area contributed by atoms with Crippen molar-refractivity contribution in [2.75, 3.05) is 7.11 Å². The zero-order valence-electron chi connectivity index (χ0n) is 10.8. The number of hydrogen-bond donors (Lipinski definition) is 0. The van der Waals surface area contributed by atoms with Crippen LogP contribution in [0.4, 0.5) is 0 Å². The number of ether oxygens (including phenoxy) is 1. The van der Waals surface area contributed by atoms with E-state index in [4.69, 9.17) is 27.9 Å². The molecule has 0 aliphatic heterocycles. The van der Waals surface area contributed by atoms with Gasteiger partial charge in [0.1, 0.15) is 10.8 Å². The van der Waals surface area contributed by atoms with E-state index in [-0.39, 0.29) is 11.2 Å². The molecule has 19 heavy (non-hydrogen) atoms. The van der Waals surface area contributed by atoms with E-state index < -0.39 is 0 Å². The van der Waals surface area contributed by atoms with Crippen LogP contribution in [-0.2, 0) is 11.2 Å². The van der Waals surface area contributed by atoms with E-state index in [1.807, 2.05) is 6.07 Å². The number of rotatable bonds is 1. The number of hydrogen-bond acceptors (Lipinski definition) is 2. The molecule has 0 heterocycles. The molecule has 0 amide bonds. The highest BCUT2D eigenvalue weighted by Gasteiger charge is 2.42. The average molecular weight is 297 g/mol. The largest absolute Gasteiger partial charge is 0.495 e. The fourth-order valence-corrected chi connectivity index (χ4v) is 3.69. The lowest BCUT2D eigenvalue weighted by Gasteiger charge is -2.29. The summed E-state index contributed by atoms with van der Waals surface area (Å²) in [5.74, 6) is 0.767. The number of ketones is 1. The van der Waals surface area contributed by atoms with Gasteiger partial charge in [-0.3, -0.25) is 4.79 Å². The van der Waals surface area contributed by atoms with Gasteiger partial charge in [0.05, 0.1) is 12.1 Å². The van der Waals surface area contributed by atoms with Gasteiger partial charge in [-0.15, -0.1) is 0 Å². The van der Waals surface area contributed by atoms with Gasteiger partial charge in [0, 0.05) is 12.0 Å². The normalized spacial score (nSPS) is 24.8. The summed E-state index contributed by atoms with van der Waals surface area (Å²) in [5, 5.41) is 0.923. The van der Waals surface area contributed by atoms with E-state index in [2.05, 4.69) is 6.92 Å². The number of fused-ring (bicyclic) bond motifs is 3. The van der Waals surface area contributed by atoms with E-state index >= 15 is 0 Å². The molecular weight excluding hydrogens is 283 g/mol. The fraction of sp³-hybridized carbons (Fsp3) is 0.400. The van der Waals surface area contributed by atoms with Crippen molar-refractivity contribution >= 4 is 34.6 Å². The van der Waals surface area contributed by atoms with E-state index in [0.29, 0.717) is 22.2 Å². The first kappa shape index (κ1) is 13.0. The van der Waals surface area contributed by atoms with E-state index in [9.17, 15) is 4.79 Å². The van der Waals surface area contributed by atoms with Gasteiger partial charge in [-0.05, 0) is 41.5 Å². The van der Waals surface area contributed by atoms with E-state index in [0.717, 1.165) is 29.5 Å². The Morgan fingerprint density at radius 1 is 1.32 bits per heavy atom. The van der Waals surface area contributed by atoms with Crippen LogP contribution in [0, 0.1) is 5.41 Å². The Kier molecular flexibility index (Phi) is 2.91. The lowest BCUT2D eigenvalue weighted by Crippen LogP contribution is -2.21. The van der Waals surface area contributed by atoms with Gasteiger partial charge in [0.15, 0.2) is 5.78 Å². The van der Waals surface area contributed by atoms with Crippen molar-refractivity contribution in [1.29, 1.82) is 0 Å². The van der Waals surface area contributed by atoms with Crippen LogP contribution in [0.3, 0.4) is 0 Å². The predicted octanol–water partition coefficient (Wildman–Crippen LogP) is 4.31. The molecule has 1 unspecified atom stereocenters. The molecule has 0 N–H and O–H groups in total. The molecule has 0 bridgehead atoms. The minimum Gasteiger partial charge on any atom is -0.495 e. The van der Waals surface area contributed by atoms with Crippen molar-refractivity contribution in [3.05, 3.63) is 33.3 Å². The maximum atomic E-state index is 11.7. The van der Waals surface area contributed by atoms with Gasteiger partial charge in [0.25, 0.3) is 0 Å². The van der Waals surface area contributed by atoms with Crippen LogP contribution in [0.2, 0.25) is 10.0 Å². The maximum absolute atomic E-state index is 11.7. The molecule has 2 nitrogen and oxygen atoms in total. The third kappa shape index (κ3) is 1.81.